The van der Waals surface area contributed by atoms with E-state index in [0.717, 1.165) is 0 Å². The van der Waals surface area contributed by atoms with Crippen LogP contribution in [0.4, 0.5) is 5.82 Å². The third-order valence-electron chi connectivity index (χ3n) is 3.32. The van der Waals surface area contributed by atoms with Crippen molar-refractivity contribution in [2.24, 2.45) is 4.99 Å². The normalized spacial score (nSPS) is 15.9. The number of amidine groups is 1. The zero-order valence-electron chi connectivity index (χ0n) is 13.3. The standard InChI is InChI=1S/C15H14N4O6S/c20-13(17-12-6-8-25-18-12)9-24-14(21)5-7-16-15-10-3-1-2-4-11(10)26(22,23)19-15/h1-4,6,8H,5,7,9H2,(H,16,19)(H,17,18,20). The van der Waals surface area contributed by atoms with Gasteiger partial charge in [-0.15, -0.1) is 0 Å². The van der Waals surface area contributed by atoms with Crippen LogP contribution in [0.15, 0.2) is 51.0 Å². The van der Waals surface area contributed by atoms with E-state index in [2.05, 4.69) is 24.7 Å². The average Bonchev–Trinajstić information content (AvgIpc) is 3.20. The first kappa shape index (κ1) is 17.6. The smallest absolute Gasteiger partial charge is 0.308 e. The average molecular weight is 378 g/mol. The molecule has 10 nitrogen and oxygen atoms in total. The van der Waals surface area contributed by atoms with Crippen LogP contribution in [0.1, 0.15) is 12.0 Å². The van der Waals surface area contributed by atoms with Crippen LogP contribution < -0.4 is 10.0 Å². The van der Waals surface area contributed by atoms with Gasteiger partial charge in [-0.3, -0.25) is 19.3 Å². The molecule has 0 fully saturated rings. The van der Waals surface area contributed by atoms with Crippen LogP contribution in [0.25, 0.3) is 0 Å². The van der Waals surface area contributed by atoms with E-state index in [4.69, 9.17) is 4.74 Å². The molecule has 1 aliphatic heterocycles. The lowest BCUT2D eigenvalue weighted by Gasteiger charge is -2.04. The van der Waals surface area contributed by atoms with Crippen LogP contribution in [0.2, 0.25) is 0 Å². The lowest BCUT2D eigenvalue weighted by molar-refractivity contribution is -0.147. The van der Waals surface area contributed by atoms with Crippen LogP contribution in [0.5, 0.6) is 0 Å². The number of nitrogens with zero attached hydrogens (tertiary/aromatic N) is 2. The van der Waals surface area contributed by atoms with E-state index in [-0.39, 0.29) is 29.5 Å². The molecule has 0 radical (unpaired) electrons. The minimum absolute atomic E-state index is 0.00985. The summed E-state index contributed by atoms with van der Waals surface area (Å²) in [6.45, 7) is -0.465. The number of nitrogens with one attached hydrogen (secondary N) is 2. The summed E-state index contributed by atoms with van der Waals surface area (Å²) < 4.78 is 35.5. The molecule has 1 aromatic heterocycles. The molecule has 0 unspecified atom stereocenters. The topological polar surface area (TPSA) is 140 Å². The Morgan fingerprint density at radius 2 is 2.08 bits per heavy atom. The summed E-state index contributed by atoms with van der Waals surface area (Å²) in [7, 11) is -3.62. The highest BCUT2D eigenvalue weighted by Crippen LogP contribution is 2.22. The lowest BCUT2D eigenvalue weighted by atomic mass is 10.2. The molecule has 1 amide bonds. The highest BCUT2D eigenvalue weighted by molar-refractivity contribution is 7.90. The zero-order chi connectivity index (χ0) is 18.6. The predicted octanol–water partition coefficient (Wildman–Crippen LogP) is 0.285. The van der Waals surface area contributed by atoms with Gasteiger partial charge in [0.1, 0.15) is 12.1 Å². The molecule has 0 saturated heterocycles. The largest absolute Gasteiger partial charge is 0.456 e. The maximum atomic E-state index is 11.9. The van der Waals surface area contributed by atoms with Gasteiger partial charge >= 0.3 is 5.97 Å². The van der Waals surface area contributed by atoms with E-state index in [0.29, 0.717) is 5.56 Å². The number of amides is 1. The summed E-state index contributed by atoms with van der Waals surface area (Å²) in [5, 5.41) is 5.86. The quantitative estimate of drug-likeness (QED) is 0.688. The molecule has 3 rings (SSSR count). The number of hydrogen-bond acceptors (Lipinski definition) is 8. The summed E-state index contributed by atoms with van der Waals surface area (Å²) >= 11 is 0. The predicted molar refractivity (Wildman–Crippen MR) is 88.9 cm³/mol. The highest BCUT2D eigenvalue weighted by atomic mass is 32.2. The van der Waals surface area contributed by atoms with E-state index >= 15 is 0 Å². The fourth-order valence-corrected chi connectivity index (χ4v) is 3.44. The Balaban J connectivity index is 1.48. The number of aromatic nitrogens is 1. The fourth-order valence-electron chi connectivity index (χ4n) is 2.18. The Bertz CT molecular complexity index is 952. The van der Waals surface area contributed by atoms with Crippen molar-refractivity contribution in [2.75, 3.05) is 18.5 Å². The number of fused-ring (bicyclic) bond motifs is 1. The van der Waals surface area contributed by atoms with Gasteiger partial charge in [0, 0.05) is 11.6 Å². The molecule has 26 heavy (non-hydrogen) atoms. The Hall–Kier alpha value is -3.21. The Labute approximate surface area is 148 Å². The van der Waals surface area contributed by atoms with Gasteiger partial charge in [-0.05, 0) is 12.1 Å². The second-order valence-electron chi connectivity index (χ2n) is 5.18. The van der Waals surface area contributed by atoms with Gasteiger partial charge < -0.3 is 14.6 Å². The molecule has 2 heterocycles. The Morgan fingerprint density at radius 3 is 2.85 bits per heavy atom. The second-order valence-corrected chi connectivity index (χ2v) is 6.83. The number of esters is 1. The number of carbonyl (C=O) groups is 2. The van der Waals surface area contributed by atoms with Crippen molar-refractivity contribution in [2.45, 2.75) is 11.3 Å². The van der Waals surface area contributed by atoms with Gasteiger partial charge in [-0.1, -0.05) is 17.3 Å². The van der Waals surface area contributed by atoms with Crippen molar-refractivity contribution in [1.29, 1.82) is 0 Å². The van der Waals surface area contributed by atoms with Crippen molar-refractivity contribution in [3.8, 4) is 0 Å². The Morgan fingerprint density at radius 1 is 1.27 bits per heavy atom. The van der Waals surface area contributed by atoms with Crippen molar-refractivity contribution in [3.05, 3.63) is 42.2 Å². The minimum atomic E-state index is -3.62. The van der Waals surface area contributed by atoms with Crippen LogP contribution in [-0.2, 0) is 24.3 Å². The third-order valence-corrected chi connectivity index (χ3v) is 4.72. The van der Waals surface area contributed by atoms with E-state index in [1.54, 1.807) is 18.2 Å². The van der Waals surface area contributed by atoms with Gasteiger partial charge in [-0.25, -0.2) is 8.42 Å². The van der Waals surface area contributed by atoms with Crippen molar-refractivity contribution in [1.82, 2.24) is 9.88 Å². The second kappa shape index (κ2) is 7.35. The molecule has 0 spiro atoms. The molecular weight excluding hydrogens is 364 g/mol. The zero-order valence-corrected chi connectivity index (χ0v) is 14.2. The van der Waals surface area contributed by atoms with Crippen LogP contribution in [-0.4, -0.2) is 44.4 Å². The minimum Gasteiger partial charge on any atom is -0.456 e. The first-order valence-electron chi connectivity index (χ1n) is 7.48. The number of aliphatic imine (C=N–C) groups is 1. The molecule has 0 aliphatic carbocycles. The van der Waals surface area contributed by atoms with Gasteiger partial charge in [0.25, 0.3) is 15.9 Å². The van der Waals surface area contributed by atoms with Crippen molar-refractivity contribution < 1.29 is 27.3 Å². The maximum Gasteiger partial charge on any atom is 0.308 e. The molecule has 136 valence electrons. The summed E-state index contributed by atoms with van der Waals surface area (Å²) in [6.07, 6.45) is 1.18. The van der Waals surface area contributed by atoms with E-state index < -0.39 is 28.5 Å². The lowest BCUT2D eigenvalue weighted by Crippen LogP contribution is -2.23. The van der Waals surface area contributed by atoms with Gasteiger partial charge in [0.05, 0.1) is 17.9 Å². The molecular formula is C15H14N4O6S. The molecule has 0 saturated carbocycles. The summed E-state index contributed by atoms with van der Waals surface area (Å²) in [6, 6.07) is 7.84. The van der Waals surface area contributed by atoms with Crippen LogP contribution in [0, 0.1) is 0 Å². The van der Waals surface area contributed by atoms with Crippen LogP contribution in [0.3, 0.4) is 0 Å². The van der Waals surface area contributed by atoms with Gasteiger partial charge in [0.2, 0.25) is 0 Å². The molecule has 0 bridgehead atoms. The van der Waals surface area contributed by atoms with Crippen molar-refractivity contribution in [3.63, 3.8) is 0 Å². The van der Waals surface area contributed by atoms with E-state index in [1.807, 2.05) is 0 Å². The molecule has 2 aromatic rings. The molecule has 11 heteroatoms. The van der Waals surface area contributed by atoms with Gasteiger partial charge in [0.15, 0.2) is 12.4 Å². The number of anilines is 1. The number of rotatable bonds is 6. The third kappa shape index (κ3) is 4.06. The molecule has 1 aliphatic rings. The van der Waals surface area contributed by atoms with Crippen LogP contribution >= 0.6 is 0 Å². The first-order chi connectivity index (χ1) is 12.5. The number of sulfonamides is 1. The fraction of sp³-hybridized carbons (Fsp3) is 0.200. The number of carbonyl (C=O) groups excluding carboxylic acids is 2. The SMILES string of the molecule is O=C(COC(=O)CCN=C1NS(=O)(=O)c2ccccc21)Nc1ccon1. The highest BCUT2D eigenvalue weighted by Gasteiger charge is 2.29. The number of ether oxygens (including phenoxy) is 1. The van der Waals surface area contributed by atoms with Crippen molar-refractivity contribution >= 4 is 33.6 Å². The monoisotopic (exact) mass is 378 g/mol. The van der Waals surface area contributed by atoms with E-state index in [1.165, 1.54) is 18.4 Å². The Kier molecular flexibility index (Phi) is 4.98. The summed E-state index contributed by atoms with van der Waals surface area (Å²) in [5.41, 5.74) is 0.452. The first-order valence-corrected chi connectivity index (χ1v) is 8.96. The molecule has 0 atom stereocenters. The summed E-state index contributed by atoms with van der Waals surface area (Å²) in [4.78, 5) is 27.4. The number of benzene rings is 1. The maximum absolute atomic E-state index is 11.9. The summed E-state index contributed by atoms with van der Waals surface area (Å²) in [5.74, 6) is -0.809. The molecule has 2 N–H and O–H groups in total. The van der Waals surface area contributed by atoms with E-state index in [9.17, 15) is 18.0 Å². The molecule has 1 aromatic carbocycles. The number of hydrogen-bond donors (Lipinski definition) is 2. The van der Waals surface area contributed by atoms with Gasteiger partial charge in [-0.2, -0.15) is 0 Å².